The number of anilines is 1. The number of aromatic nitrogens is 1. The molecule has 1 aromatic heterocycles. The number of aliphatic hydroxyl groups is 4. The number of guanidine groups is 1. The summed E-state index contributed by atoms with van der Waals surface area (Å²) in [6.07, 6.45) is 12.6. The summed E-state index contributed by atoms with van der Waals surface area (Å²) in [5, 5.41) is 62.9. The quantitative estimate of drug-likeness (QED) is 0.0476. The van der Waals surface area contributed by atoms with E-state index >= 15 is 0 Å². The van der Waals surface area contributed by atoms with Crippen LogP contribution in [0.3, 0.4) is 0 Å². The zero-order chi connectivity index (χ0) is 44.7. The summed E-state index contributed by atoms with van der Waals surface area (Å²) in [6.45, 7) is 0.0586. The fourth-order valence-corrected chi connectivity index (χ4v) is 11.6. The number of carbonyl (C=O) groups is 3. The number of carbonyl (C=O) groups excluding carboxylic acids is 2. The van der Waals surface area contributed by atoms with E-state index in [-0.39, 0.29) is 48.7 Å². The molecule has 3 aliphatic carbocycles. The van der Waals surface area contributed by atoms with E-state index in [9.17, 15) is 39.9 Å². The number of nitrogens with two attached hydrogens (primary N) is 2. The van der Waals surface area contributed by atoms with E-state index in [4.69, 9.17) is 16.5 Å². The third-order valence-corrected chi connectivity index (χ3v) is 14.9. The van der Waals surface area contributed by atoms with E-state index in [0.717, 1.165) is 86.1 Å². The molecule has 2 heterocycles. The predicted octanol–water partition coefficient (Wildman–Crippen LogP) is 4.94. The van der Waals surface area contributed by atoms with E-state index in [1.807, 2.05) is 24.4 Å². The molecule has 342 valence electrons. The van der Waals surface area contributed by atoms with Crippen LogP contribution in [0.15, 0.2) is 65.3 Å². The molecule has 0 radical (unpaired) electrons. The van der Waals surface area contributed by atoms with Gasteiger partial charge in [0, 0.05) is 37.3 Å². The van der Waals surface area contributed by atoms with Crippen molar-refractivity contribution in [3.05, 3.63) is 77.0 Å². The van der Waals surface area contributed by atoms with Crippen LogP contribution >= 0.6 is 0 Å². The molecule has 2 fully saturated rings. The topological polar surface area (TPSA) is 257 Å². The van der Waals surface area contributed by atoms with Crippen LogP contribution in [0.5, 0.6) is 0 Å². The molecule has 2 saturated carbocycles. The normalized spacial score (nSPS) is 26.7. The lowest BCUT2D eigenvalue weighted by molar-refractivity contribution is -0.131. The lowest BCUT2D eigenvalue weighted by Crippen LogP contribution is -2.60. The van der Waals surface area contributed by atoms with Crippen LogP contribution in [0.25, 0.3) is 10.8 Å². The summed E-state index contributed by atoms with van der Waals surface area (Å²) in [4.78, 5) is 44.2. The number of fused-ring (bicyclic) bond motifs is 5. The SMILES string of the molecule is NC1=N[C@H](/C(=C\C(=O)O)[C@H](Nc2ccc[nH]2)[C@@H]2CC[C@@H]3C[C@H]2[C@@H](CCC[C@@H](N)CC[C@H](C=O)CCCO)c2cc4cc(CC=O)ccc4cc23)C[C@H]([C@H](O)[C@H](O)C2(O)CCCC2)N1. The Morgan fingerprint density at radius 1 is 0.984 bits per heavy atom. The van der Waals surface area contributed by atoms with Gasteiger partial charge >= 0.3 is 5.97 Å². The van der Waals surface area contributed by atoms with Crippen LogP contribution in [-0.4, -0.2) is 104 Å². The number of aliphatic carboxylic acids is 1. The van der Waals surface area contributed by atoms with Crippen LogP contribution in [0.4, 0.5) is 5.82 Å². The Kier molecular flexibility index (Phi) is 15.4. The maximum absolute atomic E-state index is 12.9. The maximum atomic E-state index is 12.9. The largest absolute Gasteiger partial charge is 0.478 e. The number of carboxylic acid groups (broad SMARTS) is 1. The van der Waals surface area contributed by atoms with E-state index in [2.05, 4.69) is 39.9 Å². The van der Waals surface area contributed by atoms with Crippen molar-refractivity contribution in [3.63, 3.8) is 0 Å². The highest BCUT2D eigenvalue weighted by atomic mass is 16.4. The number of hydrogen-bond donors (Lipinski definition) is 10. The van der Waals surface area contributed by atoms with Crippen molar-refractivity contribution in [1.82, 2.24) is 10.3 Å². The van der Waals surface area contributed by atoms with Gasteiger partial charge in [-0.15, -0.1) is 0 Å². The number of rotatable bonds is 22. The number of hydrogen-bond acceptors (Lipinski definition) is 12. The zero-order valence-corrected chi connectivity index (χ0v) is 36.3. The molecular weight excluding hydrogens is 801 g/mol. The third-order valence-electron chi connectivity index (χ3n) is 14.9. The third kappa shape index (κ3) is 10.9. The fourth-order valence-electron chi connectivity index (χ4n) is 11.6. The molecule has 14 nitrogen and oxygen atoms in total. The standard InChI is InChI=1S/C49H68N6O8/c50-34(14-11-30(28-58)6-5-20-56)7-3-8-35-38-24-32(37-23-31-12-10-29(16-21-57)22-33(31)25-39(35)37)13-15-36(38)45(55-43-9-4-19-52-43)40(26-44(59)60)41-27-42(54-48(51)53-41)46(61)47(62)49(63)17-1-2-18-49/h4,9-10,12,19,21-23,25-26,28,30,32,34-36,38,41-42,45-47,52,55-56,61-63H,1-3,5-8,11,13-18,20,24,27,50H2,(H,59,60)(H3,51,53,54)/b40-26+/t30-,32-,34-,35-,36-,38+,41+,42-,45-,46+,47+/m1/s1. The van der Waals surface area contributed by atoms with E-state index in [1.54, 1.807) is 0 Å². The number of aromatic amines is 1. The Morgan fingerprint density at radius 3 is 2.49 bits per heavy atom. The molecule has 11 atom stereocenters. The van der Waals surface area contributed by atoms with Gasteiger partial charge in [0.05, 0.1) is 23.7 Å². The first-order valence-electron chi connectivity index (χ1n) is 23.3. The second kappa shape index (κ2) is 20.9. The number of nitrogens with one attached hydrogen (secondary N) is 3. The number of nitrogens with zero attached hydrogens (tertiary/aromatic N) is 1. The Morgan fingerprint density at radius 2 is 1.78 bits per heavy atom. The van der Waals surface area contributed by atoms with Gasteiger partial charge in [-0.2, -0.15) is 0 Å². The number of benzene rings is 2. The van der Waals surface area contributed by atoms with Crippen molar-refractivity contribution in [3.8, 4) is 0 Å². The van der Waals surface area contributed by atoms with Crippen LogP contribution in [-0.2, 0) is 20.8 Å². The highest BCUT2D eigenvalue weighted by Gasteiger charge is 2.49. The van der Waals surface area contributed by atoms with Gasteiger partial charge < -0.3 is 62.2 Å². The summed E-state index contributed by atoms with van der Waals surface area (Å²) >= 11 is 0. The summed E-state index contributed by atoms with van der Waals surface area (Å²) in [7, 11) is 0. The monoisotopic (exact) mass is 869 g/mol. The minimum atomic E-state index is -1.43. The van der Waals surface area contributed by atoms with Gasteiger partial charge in [0.25, 0.3) is 0 Å². The minimum Gasteiger partial charge on any atom is -0.478 e. The Hall–Kier alpha value is -4.60. The van der Waals surface area contributed by atoms with Crippen molar-refractivity contribution >= 4 is 41.1 Å². The number of aldehydes is 2. The van der Waals surface area contributed by atoms with E-state index in [0.29, 0.717) is 56.4 Å². The van der Waals surface area contributed by atoms with E-state index < -0.39 is 41.9 Å². The lowest BCUT2D eigenvalue weighted by atomic mass is 9.56. The maximum Gasteiger partial charge on any atom is 0.328 e. The van der Waals surface area contributed by atoms with Gasteiger partial charge in [-0.1, -0.05) is 49.6 Å². The van der Waals surface area contributed by atoms with Crippen LogP contribution in [0.2, 0.25) is 0 Å². The molecule has 0 saturated heterocycles. The average molecular weight is 869 g/mol. The Bertz CT molecular complexity index is 2080. The number of aliphatic imine (C=N–C) groups is 1. The molecule has 63 heavy (non-hydrogen) atoms. The second-order valence-corrected chi connectivity index (χ2v) is 19.0. The van der Waals surface area contributed by atoms with Gasteiger partial charge in [0.15, 0.2) is 5.96 Å². The van der Waals surface area contributed by atoms with Crippen molar-refractivity contribution in [1.29, 1.82) is 0 Å². The Labute approximate surface area is 370 Å². The summed E-state index contributed by atoms with van der Waals surface area (Å²) in [6, 6.07) is 12.5. The number of H-pyrrole nitrogens is 1. The highest BCUT2D eigenvalue weighted by molar-refractivity contribution is 5.86. The van der Waals surface area contributed by atoms with Gasteiger partial charge in [0.1, 0.15) is 30.6 Å². The summed E-state index contributed by atoms with van der Waals surface area (Å²) in [5.74, 6) is -0.0545. The van der Waals surface area contributed by atoms with Crippen molar-refractivity contribution in [2.75, 3.05) is 11.9 Å². The predicted molar refractivity (Wildman–Crippen MR) is 243 cm³/mol. The first-order valence-corrected chi connectivity index (χ1v) is 23.3. The molecule has 0 unspecified atom stereocenters. The molecule has 0 spiro atoms. The van der Waals surface area contributed by atoms with Crippen molar-refractivity contribution in [2.45, 2.75) is 157 Å². The smallest absolute Gasteiger partial charge is 0.328 e. The molecule has 12 N–H and O–H groups in total. The molecule has 4 aliphatic rings. The zero-order valence-electron chi connectivity index (χ0n) is 36.3. The summed E-state index contributed by atoms with van der Waals surface area (Å²) < 4.78 is 0. The minimum absolute atomic E-state index is 0.0222. The summed E-state index contributed by atoms with van der Waals surface area (Å²) in [5.41, 5.74) is 15.8. The van der Waals surface area contributed by atoms with Gasteiger partial charge in [-0.25, -0.2) is 9.79 Å². The van der Waals surface area contributed by atoms with Gasteiger partial charge in [-0.3, -0.25) is 0 Å². The molecule has 1 aliphatic heterocycles. The molecule has 7 rings (SSSR count). The first kappa shape index (κ1) is 46.4. The molecule has 0 amide bonds. The van der Waals surface area contributed by atoms with Gasteiger partial charge in [0.2, 0.25) is 0 Å². The first-order chi connectivity index (χ1) is 30.4. The number of aliphatic hydroxyl groups excluding tert-OH is 3. The van der Waals surface area contributed by atoms with Crippen LogP contribution < -0.4 is 22.1 Å². The molecule has 2 aromatic carbocycles. The molecule has 3 aromatic rings. The molecular formula is C49H68N6O8. The molecule has 2 bridgehead atoms. The average Bonchev–Trinajstić information content (AvgIpc) is 3.97. The molecule has 14 heteroatoms. The van der Waals surface area contributed by atoms with Crippen LogP contribution in [0, 0.1) is 17.8 Å². The lowest BCUT2D eigenvalue weighted by Gasteiger charge is -2.50. The van der Waals surface area contributed by atoms with Crippen molar-refractivity contribution in [2.24, 2.45) is 34.2 Å². The second-order valence-electron chi connectivity index (χ2n) is 19.0. The number of carboxylic acids is 1. The fraction of sp³-hybridized carbons (Fsp3) is 0.592. The highest BCUT2D eigenvalue weighted by Crippen LogP contribution is 2.56. The van der Waals surface area contributed by atoms with E-state index in [1.165, 1.54) is 17.2 Å². The van der Waals surface area contributed by atoms with Crippen LogP contribution in [0.1, 0.15) is 125 Å². The van der Waals surface area contributed by atoms with Crippen molar-refractivity contribution < 1.29 is 39.9 Å². The van der Waals surface area contributed by atoms with Gasteiger partial charge in [-0.05, 0) is 146 Å². The Balaban J connectivity index is 1.23.